The number of carbonyl (C=O) groups is 1. The van der Waals surface area contributed by atoms with Gasteiger partial charge >= 0.3 is 0 Å². The molecule has 0 saturated heterocycles. The third-order valence-corrected chi connectivity index (χ3v) is 5.52. The number of aryl methyl sites for hydroxylation is 2. The molecule has 0 aliphatic heterocycles. The summed E-state index contributed by atoms with van der Waals surface area (Å²) in [7, 11) is 0. The van der Waals surface area contributed by atoms with Crippen molar-refractivity contribution in [1.82, 2.24) is 0 Å². The van der Waals surface area contributed by atoms with Crippen LogP contribution in [0.3, 0.4) is 0 Å². The maximum absolute atomic E-state index is 12.7. The van der Waals surface area contributed by atoms with Crippen LogP contribution < -0.4 is 0 Å². The zero-order chi connectivity index (χ0) is 13.4. The van der Waals surface area contributed by atoms with E-state index in [4.69, 9.17) is 11.6 Å². The highest BCUT2D eigenvalue weighted by atomic mass is 35.5. The summed E-state index contributed by atoms with van der Waals surface area (Å²) in [5.74, 6) is 0.177. The lowest BCUT2D eigenvalue weighted by molar-refractivity contribution is 0.0955. The van der Waals surface area contributed by atoms with Gasteiger partial charge in [0.05, 0.1) is 9.90 Å². The Labute approximate surface area is 122 Å². The molecule has 1 heterocycles. The van der Waals surface area contributed by atoms with Crippen LogP contribution in [-0.4, -0.2) is 5.78 Å². The summed E-state index contributed by atoms with van der Waals surface area (Å²) < 4.78 is 0. The fraction of sp³-hybridized carbons (Fsp3) is 0.312. The number of fused-ring (bicyclic) bond motifs is 1. The summed E-state index contributed by atoms with van der Waals surface area (Å²) in [6, 6.07) is 8.29. The fourth-order valence-electron chi connectivity index (χ4n) is 2.78. The molecule has 98 valence electrons. The molecule has 1 nitrogen and oxygen atoms in total. The van der Waals surface area contributed by atoms with E-state index in [0.29, 0.717) is 5.02 Å². The first-order chi connectivity index (χ1) is 9.18. The summed E-state index contributed by atoms with van der Waals surface area (Å²) in [4.78, 5) is 13.4. The number of carbonyl (C=O) groups excluding carboxylic acids is 1. The van der Waals surface area contributed by atoms with Crippen molar-refractivity contribution in [2.24, 2.45) is 0 Å². The molecule has 1 aliphatic carbocycles. The van der Waals surface area contributed by atoms with E-state index in [-0.39, 0.29) is 11.7 Å². The lowest BCUT2D eigenvalue weighted by atomic mass is 9.80. The minimum absolute atomic E-state index is 0.0134. The maximum atomic E-state index is 12.7. The first-order valence-electron chi connectivity index (χ1n) is 6.54. The van der Waals surface area contributed by atoms with Crippen molar-refractivity contribution in [2.75, 3.05) is 0 Å². The molecule has 3 rings (SSSR count). The lowest BCUT2D eigenvalue weighted by Crippen LogP contribution is -2.18. The predicted octanol–water partition coefficient (Wildman–Crippen LogP) is 5.01. The molecule has 1 aromatic heterocycles. The van der Waals surface area contributed by atoms with Crippen molar-refractivity contribution < 1.29 is 4.79 Å². The van der Waals surface area contributed by atoms with Gasteiger partial charge in [-0.05, 0) is 48.3 Å². The number of halogens is 1. The molecule has 0 N–H and O–H groups in total. The SMILES string of the molecule is Cc1csc(C(=O)C2CCCc3ccccc32)c1Cl. The Morgan fingerprint density at radius 3 is 2.89 bits per heavy atom. The Hall–Kier alpha value is -1.12. The molecule has 0 spiro atoms. The van der Waals surface area contributed by atoms with Gasteiger partial charge in [0.15, 0.2) is 5.78 Å². The average Bonchev–Trinajstić information content (AvgIpc) is 2.78. The lowest BCUT2D eigenvalue weighted by Gasteiger charge is -2.24. The van der Waals surface area contributed by atoms with Gasteiger partial charge in [-0.15, -0.1) is 11.3 Å². The van der Waals surface area contributed by atoms with E-state index in [0.717, 1.165) is 29.7 Å². The van der Waals surface area contributed by atoms with Crippen LogP contribution in [0.2, 0.25) is 5.02 Å². The van der Waals surface area contributed by atoms with Crippen LogP contribution in [0.1, 0.15) is 45.1 Å². The van der Waals surface area contributed by atoms with Crippen LogP contribution in [0.15, 0.2) is 29.6 Å². The van der Waals surface area contributed by atoms with E-state index in [1.807, 2.05) is 24.4 Å². The number of rotatable bonds is 2. The van der Waals surface area contributed by atoms with Crippen molar-refractivity contribution in [1.29, 1.82) is 0 Å². The van der Waals surface area contributed by atoms with Gasteiger partial charge in [0.2, 0.25) is 0 Å². The van der Waals surface area contributed by atoms with Crippen LogP contribution in [0.4, 0.5) is 0 Å². The molecule has 1 atom stereocenters. The van der Waals surface area contributed by atoms with Crippen LogP contribution in [-0.2, 0) is 6.42 Å². The highest BCUT2D eigenvalue weighted by Crippen LogP contribution is 2.37. The zero-order valence-electron chi connectivity index (χ0n) is 10.8. The molecule has 19 heavy (non-hydrogen) atoms. The Kier molecular flexibility index (Phi) is 3.46. The Morgan fingerprint density at radius 2 is 2.16 bits per heavy atom. The highest BCUT2D eigenvalue weighted by Gasteiger charge is 2.29. The van der Waals surface area contributed by atoms with Crippen LogP contribution in [0.5, 0.6) is 0 Å². The van der Waals surface area contributed by atoms with Crippen LogP contribution >= 0.6 is 22.9 Å². The van der Waals surface area contributed by atoms with Gasteiger partial charge in [0, 0.05) is 5.92 Å². The molecule has 0 radical (unpaired) electrons. The smallest absolute Gasteiger partial charge is 0.181 e. The third-order valence-electron chi connectivity index (χ3n) is 3.81. The quantitative estimate of drug-likeness (QED) is 0.710. The van der Waals surface area contributed by atoms with Crippen molar-refractivity contribution in [3.05, 3.63) is 56.2 Å². The van der Waals surface area contributed by atoms with Gasteiger partial charge in [-0.1, -0.05) is 35.9 Å². The molecule has 0 saturated carbocycles. The molecular formula is C16H15ClOS. The number of hydrogen-bond donors (Lipinski definition) is 0. The summed E-state index contributed by atoms with van der Waals surface area (Å²) >= 11 is 7.71. The number of Topliss-reactive ketones (excluding diaryl/α,β-unsaturated/α-hetero) is 1. The van der Waals surface area contributed by atoms with Crippen LogP contribution in [0.25, 0.3) is 0 Å². The molecule has 0 bridgehead atoms. The molecule has 1 aliphatic rings. The van der Waals surface area contributed by atoms with E-state index in [2.05, 4.69) is 12.1 Å². The Balaban J connectivity index is 2.00. The van der Waals surface area contributed by atoms with Gasteiger partial charge in [-0.3, -0.25) is 4.79 Å². The molecule has 2 aromatic rings. The highest BCUT2D eigenvalue weighted by molar-refractivity contribution is 7.13. The minimum atomic E-state index is -0.0134. The third kappa shape index (κ3) is 2.24. The van der Waals surface area contributed by atoms with Crippen molar-refractivity contribution in [3.8, 4) is 0 Å². The van der Waals surface area contributed by atoms with Gasteiger partial charge in [-0.2, -0.15) is 0 Å². The Bertz CT molecular complexity index is 629. The van der Waals surface area contributed by atoms with Crippen molar-refractivity contribution >= 4 is 28.7 Å². The van der Waals surface area contributed by atoms with E-state index >= 15 is 0 Å². The van der Waals surface area contributed by atoms with Crippen LogP contribution in [0, 0.1) is 6.92 Å². The number of ketones is 1. The summed E-state index contributed by atoms with van der Waals surface area (Å²) in [6.07, 6.45) is 3.09. The van der Waals surface area contributed by atoms with Crippen molar-refractivity contribution in [2.45, 2.75) is 32.1 Å². The summed E-state index contributed by atoms with van der Waals surface area (Å²) in [5.41, 5.74) is 3.51. The first-order valence-corrected chi connectivity index (χ1v) is 7.80. The normalized spacial score (nSPS) is 18.1. The second kappa shape index (κ2) is 5.10. The van der Waals surface area contributed by atoms with Gasteiger partial charge in [0.25, 0.3) is 0 Å². The summed E-state index contributed by atoms with van der Waals surface area (Å²) in [6.45, 7) is 1.95. The van der Waals surface area contributed by atoms with E-state index in [1.54, 1.807) is 0 Å². The predicted molar refractivity (Wildman–Crippen MR) is 80.5 cm³/mol. The molecule has 1 aromatic carbocycles. The number of hydrogen-bond acceptors (Lipinski definition) is 2. The minimum Gasteiger partial charge on any atom is -0.293 e. The first kappa shape index (κ1) is 12.9. The second-order valence-electron chi connectivity index (χ2n) is 5.07. The van der Waals surface area contributed by atoms with Gasteiger partial charge in [0.1, 0.15) is 0 Å². The largest absolute Gasteiger partial charge is 0.293 e. The van der Waals surface area contributed by atoms with E-state index in [9.17, 15) is 4.79 Å². The second-order valence-corrected chi connectivity index (χ2v) is 6.33. The van der Waals surface area contributed by atoms with Crippen molar-refractivity contribution in [3.63, 3.8) is 0 Å². The molecule has 0 fully saturated rings. The zero-order valence-corrected chi connectivity index (χ0v) is 12.4. The molecule has 0 amide bonds. The topological polar surface area (TPSA) is 17.1 Å². The molecule has 1 unspecified atom stereocenters. The molecular weight excluding hydrogens is 276 g/mol. The van der Waals surface area contributed by atoms with E-state index in [1.165, 1.54) is 22.5 Å². The standard InChI is InChI=1S/C16H15ClOS/c1-10-9-19-16(14(10)17)15(18)13-8-4-6-11-5-2-3-7-12(11)13/h2-3,5,7,9,13H,4,6,8H2,1H3. The average molecular weight is 291 g/mol. The van der Waals surface area contributed by atoms with Gasteiger partial charge < -0.3 is 0 Å². The monoisotopic (exact) mass is 290 g/mol. The maximum Gasteiger partial charge on any atom is 0.181 e. The number of benzene rings is 1. The van der Waals surface area contributed by atoms with Gasteiger partial charge in [-0.25, -0.2) is 0 Å². The summed E-state index contributed by atoms with van der Waals surface area (Å²) in [5, 5.41) is 2.60. The number of thiophene rings is 1. The fourth-order valence-corrected chi connectivity index (χ4v) is 4.06. The Morgan fingerprint density at radius 1 is 1.37 bits per heavy atom. The molecule has 3 heteroatoms. The van der Waals surface area contributed by atoms with E-state index < -0.39 is 0 Å².